The molecule has 1 aliphatic heterocycles. The molecule has 1 heterocycles. The third-order valence-electron chi connectivity index (χ3n) is 7.62. The Morgan fingerprint density at radius 1 is 0.718 bits per heavy atom. The minimum atomic E-state index is -1.45. The van der Waals surface area contributed by atoms with Crippen LogP contribution in [0.2, 0.25) is 5.02 Å². The van der Waals surface area contributed by atoms with Gasteiger partial charge in [-0.2, -0.15) is 0 Å². The number of hydrogen-bond donors (Lipinski definition) is 1. The van der Waals surface area contributed by atoms with Crippen molar-refractivity contribution in [1.29, 1.82) is 0 Å². The van der Waals surface area contributed by atoms with Gasteiger partial charge in [-0.25, -0.2) is 0 Å². The standard InChI is InChI=1S/C34H27ClN2O2/c1-39-29-20-17-24(18-21-29)33(36)30-22-19-28(35)23-31(30)37(32(33)38)34(25-11-5-2-6-12-25,26-13-7-3-8-14-26)27-15-9-4-10-16-27/h2-23H,36H2,1H3. The van der Waals surface area contributed by atoms with Crippen LogP contribution in [0.5, 0.6) is 5.75 Å². The van der Waals surface area contributed by atoms with Crippen LogP contribution in [0, 0.1) is 0 Å². The van der Waals surface area contributed by atoms with Crippen LogP contribution in [0.3, 0.4) is 0 Å². The van der Waals surface area contributed by atoms with Crippen LogP contribution < -0.4 is 15.4 Å². The molecule has 192 valence electrons. The van der Waals surface area contributed by atoms with Crippen LogP contribution in [-0.4, -0.2) is 13.0 Å². The number of rotatable bonds is 6. The molecule has 1 aliphatic rings. The lowest BCUT2D eigenvalue weighted by Crippen LogP contribution is -2.56. The highest BCUT2D eigenvalue weighted by Crippen LogP contribution is 2.53. The van der Waals surface area contributed by atoms with E-state index in [1.165, 1.54) is 0 Å². The van der Waals surface area contributed by atoms with Crippen molar-refractivity contribution in [2.24, 2.45) is 5.73 Å². The van der Waals surface area contributed by atoms with Crippen molar-refractivity contribution in [3.8, 4) is 5.75 Å². The van der Waals surface area contributed by atoms with Crippen LogP contribution in [0.4, 0.5) is 5.69 Å². The minimum absolute atomic E-state index is 0.249. The van der Waals surface area contributed by atoms with Crippen molar-refractivity contribution in [1.82, 2.24) is 0 Å². The Labute approximate surface area is 233 Å². The molecule has 5 aromatic carbocycles. The summed E-state index contributed by atoms with van der Waals surface area (Å²) in [6.45, 7) is 0. The number of methoxy groups -OCH3 is 1. The molecule has 1 atom stereocenters. The third kappa shape index (κ3) is 3.75. The average Bonchev–Trinajstić information content (AvgIpc) is 3.22. The van der Waals surface area contributed by atoms with Crippen LogP contribution in [0.15, 0.2) is 133 Å². The normalized spacial score (nSPS) is 16.7. The lowest BCUT2D eigenvalue weighted by atomic mass is 9.75. The summed E-state index contributed by atoms with van der Waals surface area (Å²) in [4.78, 5) is 16.9. The van der Waals surface area contributed by atoms with Gasteiger partial charge in [-0.15, -0.1) is 0 Å². The Morgan fingerprint density at radius 3 is 1.67 bits per heavy atom. The SMILES string of the molecule is COc1ccc(C2(N)C(=O)N(C(c3ccccc3)(c3ccccc3)c3ccccc3)c3cc(Cl)ccc32)cc1. The second-order valence-electron chi connectivity index (χ2n) is 9.65. The fourth-order valence-electron chi connectivity index (χ4n) is 5.82. The Balaban J connectivity index is 1.72. The van der Waals surface area contributed by atoms with Crippen molar-refractivity contribution < 1.29 is 9.53 Å². The molecular weight excluding hydrogens is 504 g/mol. The summed E-state index contributed by atoms with van der Waals surface area (Å²) in [5.41, 5.74) is 9.56. The van der Waals surface area contributed by atoms with Gasteiger partial charge in [0.2, 0.25) is 0 Å². The first kappa shape index (κ1) is 24.9. The molecule has 0 bridgehead atoms. The number of carbonyl (C=O) groups excluding carboxylic acids is 1. The van der Waals surface area contributed by atoms with Gasteiger partial charge in [0.05, 0.1) is 12.8 Å². The lowest BCUT2D eigenvalue weighted by Gasteiger charge is -2.44. The van der Waals surface area contributed by atoms with Gasteiger partial charge in [-0.1, -0.05) is 121 Å². The van der Waals surface area contributed by atoms with Crippen LogP contribution in [0.1, 0.15) is 27.8 Å². The average molecular weight is 531 g/mol. The first-order valence-electron chi connectivity index (χ1n) is 12.8. The molecule has 0 radical (unpaired) electrons. The van der Waals surface area contributed by atoms with Crippen molar-refractivity contribution in [2.75, 3.05) is 12.0 Å². The third-order valence-corrected chi connectivity index (χ3v) is 7.86. The molecule has 1 unspecified atom stereocenters. The van der Waals surface area contributed by atoms with E-state index >= 15 is 4.79 Å². The molecule has 39 heavy (non-hydrogen) atoms. The topological polar surface area (TPSA) is 55.6 Å². The molecule has 5 heteroatoms. The summed E-state index contributed by atoms with van der Waals surface area (Å²) in [6.07, 6.45) is 0. The molecule has 0 aliphatic carbocycles. The highest BCUT2D eigenvalue weighted by molar-refractivity contribution is 6.31. The Morgan fingerprint density at radius 2 is 1.21 bits per heavy atom. The highest BCUT2D eigenvalue weighted by atomic mass is 35.5. The van der Waals surface area contributed by atoms with Gasteiger partial charge in [0.15, 0.2) is 0 Å². The largest absolute Gasteiger partial charge is 0.497 e. The van der Waals surface area contributed by atoms with Gasteiger partial charge < -0.3 is 10.5 Å². The number of fused-ring (bicyclic) bond motifs is 1. The quantitative estimate of drug-likeness (QED) is 0.243. The zero-order valence-corrected chi connectivity index (χ0v) is 22.2. The molecule has 0 fully saturated rings. The van der Waals surface area contributed by atoms with E-state index in [1.807, 2.05) is 95.9 Å². The molecule has 0 aromatic heterocycles. The molecule has 2 N–H and O–H groups in total. The number of benzene rings is 5. The number of halogens is 1. The van der Waals surface area contributed by atoms with E-state index in [-0.39, 0.29) is 5.91 Å². The highest BCUT2D eigenvalue weighted by Gasteiger charge is 2.57. The van der Waals surface area contributed by atoms with Gasteiger partial charge >= 0.3 is 0 Å². The number of hydrogen-bond acceptors (Lipinski definition) is 3. The van der Waals surface area contributed by atoms with Gasteiger partial charge in [-0.3, -0.25) is 9.69 Å². The second-order valence-corrected chi connectivity index (χ2v) is 10.1. The monoisotopic (exact) mass is 530 g/mol. The fraction of sp³-hybridized carbons (Fsp3) is 0.0882. The predicted molar refractivity (Wildman–Crippen MR) is 156 cm³/mol. The summed E-state index contributed by atoms with van der Waals surface area (Å²) in [6, 6.07) is 43.1. The van der Waals surface area contributed by atoms with E-state index in [1.54, 1.807) is 13.2 Å². The zero-order valence-electron chi connectivity index (χ0n) is 21.4. The van der Waals surface area contributed by atoms with Crippen LogP contribution in [-0.2, 0) is 15.9 Å². The summed E-state index contributed by atoms with van der Waals surface area (Å²) in [5, 5.41) is 0.522. The number of ether oxygens (including phenoxy) is 1. The summed E-state index contributed by atoms with van der Waals surface area (Å²) in [5.74, 6) is 0.440. The molecular formula is C34H27ClN2O2. The molecule has 0 saturated heterocycles. The smallest absolute Gasteiger partial charge is 0.257 e. The zero-order chi connectivity index (χ0) is 27.0. The van der Waals surface area contributed by atoms with Crippen molar-refractivity contribution >= 4 is 23.2 Å². The molecule has 1 amide bonds. The van der Waals surface area contributed by atoms with Gasteiger partial charge in [0.1, 0.15) is 16.8 Å². The lowest BCUT2D eigenvalue weighted by molar-refractivity contribution is -0.122. The molecule has 0 saturated carbocycles. The molecule has 0 spiro atoms. The number of nitrogens with two attached hydrogens (primary N) is 1. The summed E-state index contributed by atoms with van der Waals surface area (Å²) < 4.78 is 5.37. The molecule has 4 nitrogen and oxygen atoms in total. The maximum Gasteiger partial charge on any atom is 0.257 e. The Bertz CT molecular complexity index is 1530. The molecule has 5 aromatic rings. The molecule has 6 rings (SSSR count). The Kier molecular flexibility index (Phi) is 6.22. The van der Waals surface area contributed by atoms with Crippen LogP contribution in [0.25, 0.3) is 0 Å². The second kappa shape index (κ2) is 9.73. The van der Waals surface area contributed by atoms with Crippen molar-refractivity contribution in [3.05, 3.63) is 166 Å². The van der Waals surface area contributed by atoms with E-state index in [9.17, 15) is 0 Å². The van der Waals surface area contributed by atoms with Crippen molar-refractivity contribution in [2.45, 2.75) is 11.1 Å². The van der Waals surface area contributed by atoms with E-state index < -0.39 is 11.1 Å². The van der Waals surface area contributed by atoms with E-state index in [0.29, 0.717) is 27.6 Å². The first-order chi connectivity index (χ1) is 19.0. The first-order valence-corrected chi connectivity index (χ1v) is 13.1. The maximum atomic E-state index is 15.0. The van der Waals surface area contributed by atoms with E-state index in [2.05, 4.69) is 36.4 Å². The fourth-order valence-corrected chi connectivity index (χ4v) is 5.98. The van der Waals surface area contributed by atoms with Crippen molar-refractivity contribution in [3.63, 3.8) is 0 Å². The summed E-state index contributed by atoms with van der Waals surface area (Å²) >= 11 is 6.61. The number of amides is 1. The van der Waals surface area contributed by atoms with E-state index in [4.69, 9.17) is 22.1 Å². The number of anilines is 1. The van der Waals surface area contributed by atoms with Gasteiger partial charge in [0.25, 0.3) is 5.91 Å². The Hall–Kier alpha value is -4.38. The number of nitrogens with zero attached hydrogens (tertiary/aromatic N) is 1. The predicted octanol–water partition coefficient (Wildman–Crippen LogP) is 6.89. The van der Waals surface area contributed by atoms with Gasteiger partial charge in [0, 0.05) is 10.6 Å². The van der Waals surface area contributed by atoms with E-state index in [0.717, 1.165) is 16.7 Å². The minimum Gasteiger partial charge on any atom is -0.497 e. The summed E-state index contributed by atoms with van der Waals surface area (Å²) in [7, 11) is 1.61. The van der Waals surface area contributed by atoms with Gasteiger partial charge in [-0.05, 0) is 46.5 Å². The maximum absolute atomic E-state index is 15.0. The number of carbonyl (C=O) groups is 1. The van der Waals surface area contributed by atoms with Crippen LogP contribution >= 0.6 is 11.6 Å².